The highest BCUT2D eigenvalue weighted by molar-refractivity contribution is 5.36. The Morgan fingerprint density at radius 3 is 2.65 bits per heavy atom. The summed E-state index contributed by atoms with van der Waals surface area (Å²) in [6, 6.07) is 8.56. The van der Waals surface area contributed by atoms with Crippen LogP contribution in [-0.4, -0.2) is 12.1 Å². The fourth-order valence-corrected chi connectivity index (χ4v) is 2.24. The molecule has 20 heavy (non-hydrogen) atoms. The fourth-order valence-electron chi connectivity index (χ4n) is 2.24. The fraction of sp³-hybridized carbons (Fsp3) is 0.312. The molecular weight excluding hydrogens is 255 g/mol. The van der Waals surface area contributed by atoms with Crippen molar-refractivity contribution in [2.24, 2.45) is 0 Å². The Bertz CT molecular complexity index is 560. The lowest BCUT2D eigenvalue weighted by Gasteiger charge is -2.22. The van der Waals surface area contributed by atoms with Crippen molar-refractivity contribution in [1.29, 1.82) is 0 Å². The number of hydrogen-bond acceptors (Lipinski definition) is 3. The third-order valence-corrected chi connectivity index (χ3v) is 3.34. The van der Waals surface area contributed by atoms with E-state index in [0.717, 1.165) is 11.1 Å². The van der Waals surface area contributed by atoms with Crippen LogP contribution in [0.2, 0.25) is 0 Å². The zero-order valence-corrected chi connectivity index (χ0v) is 11.9. The Kier molecular flexibility index (Phi) is 4.69. The summed E-state index contributed by atoms with van der Waals surface area (Å²) in [5.41, 5.74) is 1.90. The maximum atomic E-state index is 13.4. The van der Waals surface area contributed by atoms with Gasteiger partial charge < -0.3 is 10.1 Å². The standard InChI is InChI=1S/C16H19FN2O/c1-11(13-5-4-8-18-10-13)19-12(2)15-9-14(17)6-7-16(15)20-3/h4-12,19H,1-3H3. The monoisotopic (exact) mass is 274 g/mol. The maximum Gasteiger partial charge on any atom is 0.123 e. The lowest BCUT2D eigenvalue weighted by atomic mass is 10.0. The van der Waals surface area contributed by atoms with E-state index in [1.54, 1.807) is 19.4 Å². The molecule has 1 heterocycles. The molecule has 0 saturated carbocycles. The van der Waals surface area contributed by atoms with Crippen molar-refractivity contribution < 1.29 is 9.13 Å². The summed E-state index contributed by atoms with van der Waals surface area (Å²) in [6.07, 6.45) is 3.57. The number of aromatic nitrogens is 1. The highest BCUT2D eigenvalue weighted by atomic mass is 19.1. The Balaban J connectivity index is 2.16. The maximum absolute atomic E-state index is 13.4. The van der Waals surface area contributed by atoms with Gasteiger partial charge >= 0.3 is 0 Å². The molecule has 0 aliphatic carbocycles. The first kappa shape index (κ1) is 14.5. The van der Waals surface area contributed by atoms with Gasteiger partial charge in [-0.3, -0.25) is 4.98 Å². The lowest BCUT2D eigenvalue weighted by Crippen LogP contribution is -2.23. The van der Waals surface area contributed by atoms with Gasteiger partial charge in [-0.05, 0) is 43.7 Å². The normalized spacial score (nSPS) is 13.8. The van der Waals surface area contributed by atoms with Crippen molar-refractivity contribution >= 4 is 0 Å². The second-order valence-electron chi connectivity index (χ2n) is 4.78. The molecule has 1 aromatic heterocycles. The summed E-state index contributed by atoms with van der Waals surface area (Å²) >= 11 is 0. The zero-order valence-electron chi connectivity index (χ0n) is 11.9. The molecule has 2 atom stereocenters. The van der Waals surface area contributed by atoms with Crippen LogP contribution in [0, 0.1) is 5.82 Å². The molecule has 1 aromatic carbocycles. The van der Waals surface area contributed by atoms with Crippen LogP contribution in [0.5, 0.6) is 5.75 Å². The minimum atomic E-state index is -0.261. The molecule has 106 valence electrons. The Morgan fingerprint density at radius 1 is 1.20 bits per heavy atom. The van der Waals surface area contributed by atoms with Crippen LogP contribution in [-0.2, 0) is 0 Å². The van der Waals surface area contributed by atoms with Gasteiger partial charge in [-0.25, -0.2) is 4.39 Å². The first-order chi connectivity index (χ1) is 9.61. The number of halogens is 1. The Labute approximate surface area is 118 Å². The molecule has 1 N–H and O–H groups in total. The van der Waals surface area contributed by atoms with Crippen molar-refractivity contribution in [2.75, 3.05) is 7.11 Å². The molecule has 0 aliphatic rings. The van der Waals surface area contributed by atoms with E-state index in [1.165, 1.54) is 12.1 Å². The molecule has 2 unspecified atom stereocenters. The first-order valence-electron chi connectivity index (χ1n) is 6.61. The van der Waals surface area contributed by atoms with Gasteiger partial charge in [-0.2, -0.15) is 0 Å². The quantitative estimate of drug-likeness (QED) is 0.903. The predicted octanol–water partition coefficient (Wildman–Crippen LogP) is 3.64. The molecule has 3 nitrogen and oxygen atoms in total. The summed E-state index contributed by atoms with van der Waals surface area (Å²) in [6.45, 7) is 4.05. The van der Waals surface area contributed by atoms with Gasteiger partial charge in [-0.15, -0.1) is 0 Å². The molecule has 0 amide bonds. The molecule has 0 spiro atoms. The van der Waals surface area contributed by atoms with Crippen LogP contribution in [0.3, 0.4) is 0 Å². The average Bonchev–Trinajstić information content (AvgIpc) is 2.48. The molecule has 2 rings (SSSR count). The van der Waals surface area contributed by atoms with Crippen LogP contribution in [0.4, 0.5) is 4.39 Å². The van der Waals surface area contributed by atoms with Gasteiger partial charge in [0.25, 0.3) is 0 Å². The largest absolute Gasteiger partial charge is 0.496 e. The number of nitrogens with zero attached hydrogens (tertiary/aromatic N) is 1. The van der Waals surface area contributed by atoms with E-state index in [1.807, 2.05) is 25.3 Å². The first-order valence-corrected chi connectivity index (χ1v) is 6.61. The Morgan fingerprint density at radius 2 is 2.00 bits per heavy atom. The number of pyridine rings is 1. The summed E-state index contributed by atoms with van der Waals surface area (Å²) < 4.78 is 18.7. The van der Waals surface area contributed by atoms with Crippen LogP contribution < -0.4 is 10.1 Å². The van der Waals surface area contributed by atoms with Crippen molar-refractivity contribution in [3.05, 3.63) is 59.7 Å². The van der Waals surface area contributed by atoms with Crippen molar-refractivity contribution in [3.63, 3.8) is 0 Å². The van der Waals surface area contributed by atoms with Gasteiger partial charge in [-0.1, -0.05) is 6.07 Å². The molecule has 0 aliphatic heterocycles. The molecule has 0 bridgehead atoms. The van der Waals surface area contributed by atoms with Crippen LogP contribution in [0.1, 0.15) is 37.1 Å². The average molecular weight is 274 g/mol. The van der Waals surface area contributed by atoms with Crippen molar-refractivity contribution in [2.45, 2.75) is 25.9 Å². The molecule has 0 fully saturated rings. The minimum Gasteiger partial charge on any atom is -0.496 e. The van der Waals surface area contributed by atoms with Gasteiger partial charge in [0.1, 0.15) is 11.6 Å². The van der Waals surface area contributed by atoms with Crippen LogP contribution in [0.15, 0.2) is 42.7 Å². The zero-order chi connectivity index (χ0) is 14.5. The number of ether oxygens (including phenoxy) is 1. The molecule has 0 radical (unpaired) electrons. The van der Waals surface area contributed by atoms with E-state index < -0.39 is 0 Å². The van der Waals surface area contributed by atoms with E-state index in [9.17, 15) is 4.39 Å². The van der Waals surface area contributed by atoms with Gasteiger partial charge in [0.15, 0.2) is 0 Å². The number of benzene rings is 1. The second-order valence-corrected chi connectivity index (χ2v) is 4.78. The molecule has 0 saturated heterocycles. The van der Waals surface area contributed by atoms with Gasteiger partial charge in [0.05, 0.1) is 7.11 Å². The van der Waals surface area contributed by atoms with Gasteiger partial charge in [0.2, 0.25) is 0 Å². The van der Waals surface area contributed by atoms with E-state index >= 15 is 0 Å². The summed E-state index contributed by atoms with van der Waals surface area (Å²) in [7, 11) is 1.59. The number of nitrogens with one attached hydrogen (secondary N) is 1. The highest BCUT2D eigenvalue weighted by Crippen LogP contribution is 2.27. The Hall–Kier alpha value is -1.94. The van der Waals surface area contributed by atoms with Gasteiger partial charge in [0, 0.05) is 30.0 Å². The predicted molar refractivity (Wildman–Crippen MR) is 77.2 cm³/mol. The third kappa shape index (κ3) is 3.33. The second kappa shape index (κ2) is 6.48. The SMILES string of the molecule is COc1ccc(F)cc1C(C)NC(C)c1cccnc1. The summed E-state index contributed by atoms with van der Waals surface area (Å²) in [4.78, 5) is 4.11. The summed E-state index contributed by atoms with van der Waals surface area (Å²) in [5.74, 6) is 0.424. The van der Waals surface area contributed by atoms with Crippen LogP contribution in [0.25, 0.3) is 0 Å². The molecule has 4 heteroatoms. The van der Waals surface area contributed by atoms with E-state index in [4.69, 9.17) is 4.74 Å². The van der Waals surface area contributed by atoms with E-state index in [0.29, 0.717) is 5.75 Å². The van der Waals surface area contributed by atoms with E-state index in [-0.39, 0.29) is 17.9 Å². The molecular formula is C16H19FN2O. The smallest absolute Gasteiger partial charge is 0.123 e. The highest BCUT2D eigenvalue weighted by Gasteiger charge is 2.15. The van der Waals surface area contributed by atoms with Crippen LogP contribution >= 0.6 is 0 Å². The summed E-state index contributed by atoms with van der Waals surface area (Å²) in [5, 5.41) is 3.43. The van der Waals surface area contributed by atoms with Crippen molar-refractivity contribution in [3.8, 4) is 5.75 Å². The van der Waals surface area contributed by atoms with E-state index in [2.05, 4.69) is 17.2 Å². The minimum absolute atomic E-state index is 0.0316. The van der Waals surface area contributed by atoms with Crippen molar-refractivity contribution in [1.82, 2.24) is 10.3 Å². The topological polar surface area (TPSA) is 34.1 Å². The number of rotatable bonds is 5. The lowest BCUT2D eigenvalue weighted by molar-refractivity contribution is 0.394. The number of methoxy groups -OCH3 is 1. The number of hydrogen-bond donors (Lipinski definition) is 1. The molecule has 2 aromatic rings. The third-order valence-electron chi connectivity index (χ3n) is 3.34.